The van der Waals surface area contributed by atoms with Gasteiger partial charge in [-0.1, -0.05) is 11.6 Å². The van der Waals surface area contributed by atoms with E-state index in [0.29, 0.717) is 6.07 Å². The van der Waals surface area contributed by atoms with Crippen LogP contribution in [0, 0.1) is 11.6 Å². The minimum Gasteiger partial charge on any atom is -0.471 e. The third-order valence-electron chi connectivity index (χ3n) is 2.54. The summed E-state index contributed by atoms with van der Waals surface area (Å²) in [4.78, 5) is 17.1. The zero-order valence-electron chi connectivity index (χ0n) is 11.1. The summed E-state index contributed by atoms with van der Waals surface area (Å²) >= 11 is 5.67. The van der Waals surface area contributed by atoms with E-state index in [9.17, 15) is 22.0 Å². The zero-order valence-corrected chi connectivity index (χ0v) is 12.6. The number of sulfone groups is 1. The van der Waals surface area contributed by atoms with Gasteiger partial charge >= 0.3 is 0 Å². The number of benzene rings is 1. The monoisotopic (exact) mass is 350 g/mol. The summed E-state index contributed by atoms with van der Waals surface area (Å²) in [5.41, 5.74) is -0.924. The summed E-state index contributed by atoms with van der Waals surface area (Å²) in [5.74, 6) is -2.08. The smallest absolute Gasteiger partial charge is 0.274 e. The molecule has 0 aliphatic carbocycles. The molecule has 0 bridgehead atoms. The largest absolute Gasteiger partial charge is 0.471 e. The minimum atomic E-state index is -3.79. The van der Waals surface area contributed by atoms with Gasteiger partial charge < -0.3 is 4.74 Å². The lowest BCUT2D eigenvalue weighted by Crippen LogP contribution is -2.17. The Balaban J connectivity index is 2.33. The molecule has 0 fully saturated rings. The van der Waals surface area contributed by atoms with E-state index in [2.05, 4.69) is 4.98 Å². The van der Waals surface area contributed by atoms with Crippen molar-refractivity contribution < 1.29 is 21.9 Å². The van der Waals surface area contributed by atoms with E-state index >= 15 is 0 Å². The molecular weight excluding hydrogens is 342 g/mol. The maximum Gasteiger partial charge on any atom is 0.274 e. The first-order valence-corrected chi connectivity index (χ1v) is 8.02. The molecule has 0 aliphatic rings. The Morgan fingerprint density at radius 2 is 2.05 bits per heavy atom. The molecule has 6 nitrogen and oxygen atoms in total. The molecule has 10 heteroatoms. The molecule has 1 aromatic heterocycles. The van der Waals surface area contributed by atoms with Crippen LogP contribution < -0.4 is 10.3 Å². The van der Waals surface area contributed by atoms with Crippen LogP contribution >= 0.6 is 11.6 Å². The number of hydrogen-bond acceptors (Lipinski definition) is 5. The third kappa shape index (κ3) is 3.60. The van der Waals surface area contributed by atoms with Gasteiger partial charge in [-0.3, -0.25) is 9.78 Å². The number of aromatic amines is 1. The van der Waals surface area contributed by atoms with Gasteiger partial charge in [-0.05, 0) is 12.1 Å². The summed E-state index contributed by atoms with van der Waals surface area (Å²) in [6, 6.07) is 2.83. The van der Waals surface area contributed by atoms with Crippen molar-refractivity contribution in [1.29, 1.82) is 0 Å². The fraction of sp³-hybridized carbons (Fsp3) is 0.167. The summed E-state index contributed by atoms with van der Waals surface area (Å²) in [6.07, 6.45) is 0.836. The van der Waals surface area contributed by atoms with E-state index in [4.69, 9.17) is 16.3 Å². The van der Waals surface area contributed by atoms with Crippen LogP contribution in [-0.4, -0.2) is 24.6 Å². The lowest BCUT2D eigenvalue weighted by Gasteiger charge is -2.08. The van der Waals surface area contributed by atoms with Crippen molar-refractivity contribution in [2.24, 2.45) is 0 Å². The maximum absolute atomic E-state index is 13.5. The van der Waals surface area contributed by atoms with E-state index in [0.717, 1.165) is 18.4 Å². The van der Waals surface area contributed by atoms with Gasteiger partial charge in [0.2, 0.25) is 20.9 Å². The minimum absolute atomic E-state index is 0.0135. The average Bonchev–Trinajstić information content (AvgIpc) is 2.40. The molecule has 1 aromatic carbocycles. The number of ether oxygens (including phenoxy) is 1. The van der Waals surface area contributed by atoms with Crippen molar-refractivity contribution in [1.82, 2.24) is 9.97 Å². The normalized spacial score (nSPS) is 11.5. The fourth-order valence-electron chi connectivity index (χ4n) is 1.47. The van der Waals surface area contributed by atoms with Crippen LogP contribution in [0.25, 0.3) is 0 Å². The Kier molecular flexibility index (Phi) is 4.47. The van der Waals surface area contributed by atoms with Gasteiger partial charge in [-0.25, -0.2) is 17.2 Å². The molecule has 0 saturated heterocycles. The molecule has 1 heterocycles. The summed E-state index contributed by atoms with van der Waals surface area (Å²) in [7, 11) is -3.79. The first-order valence-electron chi connectivity index (χ1n) is 5.75. The van der Waals surface area contributed by atoms with Crippen molar-refractivity contribution in [3.63, 3.8) is 0 Å². The Labute approximate surface area is 128 Å². The van der Waals surface area contributed by atoms with E-state index in [1.807, 2.05) is 4.98 Å². The van der Waals surface area contributed by atoms with Gasteiger partial charge in [0.1, 0.15) is 18.2 Å². The van der Waals surface area contributed by atoms with E-state index in [1.54, 1.807) is 0 Å². The first-order chi connectivity index (χ1) is 10.2. The highest BCUT2D eigenvalue weighted by atomic mass is 35.5. The molecule has 0 atom stereocenters. The standard InChI is InChI=1S/C12H9ClF2N2O4S/c1-22(19,20)12-16-10(18)9(13)11(17-12)21-5-6-2-3-7(14)4-8(6)15/h2-4H,5H2,1H3,(H,16,17,18). The number of nitrogens with zero attached hydrogens (tertiary/aromatic N) is 1. The number of rotatable bonds is 4. The molecule has 0 amide bonds. The number of H-pyrrole nitrogens is 1. The van der Waals surface area contributed by atoms with Crippen molar-refractivity contribution in [2.45, 2.75) is 11.8 Å². The second-order valence-corrected chi connectivity index (χ2v) is 6.60. The van der Waals surface area contributed by atoms with E-state index in [-0.39, 0.29) is 5.56 Å². The zero-order chi connectivity index (χ0) is 16.5. The first kappa shape index (κ1) is 16.4. The van der Waals surface area contributed by atoms with Gasteiger partial charge in [0.15, 0.2) is 5.02 Å². The number of halogens is 3. The molecule has 0 saturated carbocycles. The third-order valence-corrected chi connectivity index (χ3v) is 3.77. The molecular formula is C12H9ClF2N2O4S. The second-order valence-electron chi connectivity index (χ2n) is 4.29. The van der Waals surface area contributed by atoms with Crippen molar-refractivity contribution in [2.75, 3.05) is 6.26 Å². The number of hydrogen-bond donors (Lipinski definition) is 1. The number of nitrogens with one attached hydrogen (secondary N) is 1. The lowest BCUT2D eigenvalue weighted by atomic mass is 10.2. The summed E-state index contributed by atoms with van der Waals surface area (Å²) in [5, 5.41) is -1.11. The van der Waals surface area contributed by atoms with Gasteiger partial charge in [0, 0.05) is 17.9 Å². The van der Waals surface area contributed by atoms with Gasteiger partial charge in [0.05, 0.1) is 0 Å². The average molecular weight is 351 g/mol. The maximum atomic E-state index is 13.5. The Morgan fingerprint density at radius 3 is 2.64 bits per heavy atom. The molecule has 1 N–H and O–H groups in total. The van der Waals surface area contributed by atoms with Crippen LogP contribution in [0.15, 0.2) is 28.2 Å². The lowest BCUT2D eigenvalue weighted by molar-refractivity contribution is 0.284. The molecule has 22 heavy (non-hydrogen) atoms. The number of aromatic nitrogens is 2. The van der Waals surface area contributed by atoms with Gasteiger partial charge in [-0.2, -0.15) is 4.98 Å². The second kappa shape index (κ2) is 6.01. The predicted molar refractivity (Wildman–Crippen MR) is 73.7 cm³/mol. The quantitative estimate of drug-likeness (QED) is 0.847. The van der Waals surface area contributed by atoms with E-state index < -0.39 is 49.7 Å². The van der Waals surface area contributed by atoms with Crippen LogP contribution in [0.1, 0.15) is 5.56 Å². The molecule has 0 spiro atoms. The van der Waals surface area contributed by atoms with Gasteiger partial charge in [-0.15, -0.1) is 0 Å². The topological polar surface area (TPSA) is 89.1 Å². The summed E-state index contributed by atoms with van der Waals surface area (Å²) in [6.45, 7) is -0.411. The Bertz CT molecular complexity index is 883. The molecule has 0 aliphatic heterocycles. The highest BCUT2D eigenvalue weighted by molar-refractivity contribution is 7.90. The predicted octanol–water partition coefficient (Wildman–Crippen LogP) is 1.68. The molecule has 2 rings (SSSR count). The highest BCUT2D eigenvalue weighted by Gasteiger charge is 2.17. The fourth-order valence-corrected chi connectivity index (χ4v) is 2.15. The molecule has 0 unspecified atom stereocenters. The SMILES string of the molecule is CS(=O)(=O)c1nc(OCc2ccc(F)cc2F)c(Cl)c(=O)[nH]1. The molecule has 118 valence electrons. The van der Waals surface area contributed by atoms with Gasteiger partial charge in [0.25, 0.3) is 5.56 Å². The van der Waals surface area contributed by atoms with E-state index in [1.165, 1.54) is 0 Å². The van der Waals surface area contributed by atoms with Crippen molar-refractivity contribution in [3.05, 3.63) is 50.8 Å². The van der Waals surface area contributed by atoms with Crippen molar-refractivity contribution in [3.8, 4) is 5.88 Å². The van der Waals surface area contributed by atoms with Crippen LogP contribution in [0.5, 0.6) is 5.88 Å². The van der Waals surface area contributed by atoms with Crippen molar-refractivity contribution >= 4 is 21.4 Å². The van der Waals surface area contributed by atoms with Crippen LogP contribution in [0.3, 0.4) is 0 Å². The Morgan fingerprint density at radius 1 is 1.36 bits per heavy atom. The summed E-state index contributed by atoms with van der Waals surface area (Å²) < 4.78 is 54.1. The Hall–Kier alpha value is -2.00. The van der Waals surface area contributed by atoms with Crippen LogP contribution in [-0.2, 0) is 16.4 Å². The molecule has 2 aromatic rings. The van der Waals surface area contributed by atoms with Crippen LogP contribution in [0.2, 0.25) is 5.02 Å². The highest BCUT2D eigenvalue weighted by Crippen LogP contribution is 2.20. The molecule has 0 radical (unpaired) electrons. The van der Waals surface area contributed by atoms with Crippen LogP contribution in [0.4, 0.5) is 8.78 Å².